The predicted molar refractivity (Wildman–Crippen MR) is 124 cm³/mol. The molecule has 30 heavy (non-hydrogen) atoms. The third-order valence-corrected chi connectivity index (χ3v) is 6.24. The maximum absolute atomic E-state index is 12.9. The Balaban J connectivity index is 1.67. The Morgan fingerprint density at radius 3 is 1.63 bits per heavy atom. The SMILES string of the molecule is C#CC#CN1C(=CC(=O)C=C2Sc3ccccc3N2C#CC#C)Sc2ccccc21. The number of hydrogen-bond acceptors (Lipinski definition) is 5. The van der Waals surface area contributed by atoms with Crippen molar-refractivity contribution in [3.8, 4) is 48.6 Å². The number of ketones is 1. The Kier molecular flexibility index (Phi) is 5.61. The van der Waals surface area contributed by atoms with Gasteiger partial charge in [0.05, 0.1) is 21.4 Å². The fourth-order valence-corrected chi connectivity index (χ4v) is 4.98. The van der Waals surface area contributed by atoms with Crippen LogP contribution in [0.3, 0.4) is 0 Å². The van der Waals surface area contributed by atoms with Gasteiger partial charge in [-0.05, 0) is 36.1 Å². The molecule has 4 rings (SSSR count). The molecular weight excluding hydrogens is 408 g/mol. The minimum absolute atomic E-state index is 0.180. The highest BCUT2D eigenvalue weighted by molar-refractivity contribution is 8.04. The van der Waals surface area contributed by atoms with E-state index in [9.17, 15) is 4.79 Å². The van der Waals surface area contributed by atoms with Crippen molar-refractivity contribution in [1.29, 1.82) is 0 Å². The number of para-hydroxylation sites is 2. The van der Waals surface area contributed by atoms with Gasteiger partial charge in [0.1, 0.15) is 0 Å². The number of fused-ring (bicyclic) bond motifs is 2. The van der Waals surface area contributed by atoms with Crippen LogP contribution in [0.1, 0.15) is 0 Å². The molecule has 2 aromatic carbocycles. The molecule has 0 spiro atoms. The minimum atomic E-state index is -0.180. The summed E-state index contributed by atoms with van der Waals surface area (Å²) >= 11 is 2.95. The van der Waals surface area contributed by atoms with Crippen molar-refractivity contribution in [1.82, 2.24) is 0 Å². The first-order chi connectivity index (χ1) is 14.7. The van der Waals surface area contributed by atoms with E-state index in [4.69, 9.17) is 12.8 Å². The summed E-state index contributed by atoms with van der Waals surface area (Å²) in [5.74, 6) is 9.70. The molecule has 0 saturated heterocycles. The Morgan fingerprint density at radius 1 is 0.767 bits per heavy atom. The van der Waals surface area contributed by atoms with Gasteiger partial charge in [-0.25, -0.2) is 0 Å². The average Bonchev–Trinajstić information content (AvgIpc) is 3.27. The predicted octanol–water partition coefficient (Wildman–Crippen LogP) is 4.65. The highest BCUT2D eigenvalue weighted by atomic mass is 32.2. The minimum Gasteiger partial charge on any atom is -0.290 e. The van der Waals surface area contributed by atoms with Crippen molar-refractivity contribution in [3.05, 3.63) is 70.7 Å². The van der Waals surface area contributed by atoms with Crippen LogP contribution >= 0.6 is 23.5 Å². The third kappa shape index (κ3) is 3.82. The second-order valence-electron chi connectivity index (χ2n) is 5.94. The molecule has 0 atom stereocenters. The summed E-state index contributed by atoms with van der Waals surface area (Å²) in [5.41, 5.74) is 1.81. The smallest absolute Gasteiger partial charge is 0.183 e. The molecule has 0 aromatic heterocycles. The number of allylic oxidation sites excluding steroid dienone is 2. The first-order valence-electron chi connectivity index (χ1n) is 8.75. The Labute approximate surface area is 184 Å². The number of carbonyl (C=O) groups is 1. The van der Waals surface area contributed by atoms with E-state index >= 15 is 0 Å². The van der Waals surface area contributed by atoms with Crippen LogP contribution in [0.4, 0.5) is 11.4 Å². The second kappa shape index (κ2) is 8.65. The number of hydrogen-bond donors (Lipinski definition) is 0. The number of benzene rings is 2. The van der Waals surface area contributed by atoms with Crippen molar-refractivity contribution in [3.63, 3.8) is 0 Å². The molecular formula is C25H12N2OS2. The molecule has 140 valence electrons. The Morgan fingerprint density at radius 2 is 1.20 bits per heavy atom. The number of thioether (sulfide) groups is 2. The molecule has 2 aliphatic rings. The second-order valence-corrected chi connectivity index (χ2v) is 8.06. The number of carbonyl (C=O) groups excluding carboxylic acids is 1. The van der Waals surface area contributed by atoms with Crippen molar-refractivity contribution in [2.24, 2.45) is 0 Å². The molecule has 0 bridgehead atoms. The fraction of sp³-hybridized carbons (Fsp3) is 0. The lowest BCUT2D eigenvalue weighted by molar-refractivity contribution is -0.110. The Hall–Kier alpha value is -3.87. The van der Waals surface area contributed by atoms with Crippen LogP contribution in [0.5, 0.6) is 0 Å². The zero-order chi connectivity index (χ0) is 20.9. The largest absolute Gasteiger partial charge is 0.290 e. The summed E-state index contributed by atoms with van der Waals surface area (Å²) in [6, 6.07) is 21.4. The van der Waals surface area contributed by atoms with Crippen LogP contribution in [0.25, 0.3) is 0 Å². The molecule has 0 unspecified atom stereocenters. The fourth-order valence-electron chi connectivity index (χ4n) is 2.89. The van der Waals surface area contributed by atoms with Gasteiger partial charge in [-0.2, -0.15) is 0 Å². The molecule has 0 N–H and O–H groups in total. The summed E-state index contributed by atoms with van der Waals surface area (Å²) in [6.07, 6.45) is 13.7. The van der Waals surface area contributed by atoms with E-state index in [1.807, 2.05) is 48.5 Å². The van der Waals surface area contributed by atoms with Crippen LogP contribution in [0.15, 0.2) is 80.5 Å². The maximum Gasteiger partial charge on any atom is 0.183 e. The van der Waals surface area contributed by atoms with Gasteiger partial charge in [0.15, 0.2) is 5.78 Å². The summed E-state index contributed by atoms with van der Waals surface area (Å²) in [6.45, 7) is 0. The zero-order valence-electron chi connectivity index (χ0n) is 15.5. The number of anilines is 2. The maximum atomic E-state index is 12.9. The molecule has 0 radical (unpaired) electrons. The van der Waals surface area contributed by atoms with E-state index in [1.165, 1.54) is 23.5 Å². The summed E-state index contributed by atoms with van der Waals surface area (Å²) in [7, 11) is 0. The van der Waals surface area contributed by atoms with E-state index < -0.39 is 0 Å². The molecule has 3 nitrogen and oxygen atoms in total. The van der Waals surface area contributed by atoms with Gasteiger partial charge in [-0.3, -0.25) is 14.6 Å². The normalized spacial score (nSPS) is 15.9. The lowest BCUT2D eigenvalue weighted by Crippen LogP contribution is -2.12. The molecule has 0 aliphatic carbocycles. The van der Waals surface area contributed by atoms with E-state index in [-0.39, 0.29) is 5.78 Å². The first kappa shape index (κ1) is 19.4. The molecule has 2 aromatic rings. The first-order valence-corrected chi connectivity index (χ1v) is 10.4. The van der Waals surface area contributed by atoms with Gasteiger partial charge in [0.25, 0.3) is 0 Å². The van der Waals surface area contributed by atoms with Crippen LogP contribution < -0.4 is 9.80 Å². The van der Waals surface area contributed by atoms with Crippen molar-refractivity contribution in [2.75, 3.05) is 9.80 Å². The number of terminal acetylenes is 2. The lowest BCUT2D eigenvalue weighted by atomic mass is 10.3. The highest BCUT2D eigenvalue weighted by Crippen LogP contribution is 2.47. The van der Waals surface area contributed by atoms with Crippen LogP contribution in [0, 0.1) is 48.6 Å². The Bertz CT molecular complexity index is 1220. The van der Waals surface area contributed by atoms with Gasteiger partial charge < -0.3 is 0 Å². The van der Waals surface area contributed by atoms with Crippen molar-refractivity contribution < 1.29 is 4.79 Å². The van der Waals surface area contributed by atoms with Crippen molar-refractivity contribution >= 4 is 40.7 Å². The topological polar surface area (TPSA) is 23.6 Å². The molecule has 0 amide bonds. The van der Waals surface area contributed by atoms with E-state index in [1.54, 1.807) is 22.0 Å². The van der Waals surface area contributed by atoms with Gasteiger partial charge in [0, 0.05) is 45.9 Å². The molecule has 0 fully saturated rings. The number of nitrogens with zero attached hydrogens (tertiary/aromatic N) is 2. The monoisotopic (exact) mass is 420 g/mol. The molecule has 2 aliphatic heterocycles. The van der Waals surface area contributed by atoms with E-state index in [2.05, 4.69) is 35.8 Å². The van der Waals surface area contributed by atoms with Crippen LogP contribution in [-0.4, -0.2) is 5.78 Å². The lowest BCUT2D eigenvalue weighted by Gasteiger charge is -2.12. The van der Waals surface area contributed by atoms with E-state index in [0.717, 1.165) is 21.2 Å². The molecule has 0 saturated carbocycles. The molecule has 2 heterocycles. The summed E-state index contributed by atoms with van der Waals surface area (Å²) in [4.78, 5) is 18.4. The summed E-state index contributed by atoms with van der Waals surface area (Å²) in [5, 5.41) is 1.39. The standard InChI is InChI=1S/C25H12N2OS2/c1-3-5-15-26-20-11-7-9-13-22(20)29-24(26)17-19(28)18-25-27(16-6-4-2)21-12-8-10-14-23(21)30-25/h1-2,7-14,17-18H. The van der Waals surface area contributed by atoms with Gasteiger partial charge in [-0.15, -0.1) is 12.8 Å². The van der Waals surface area contributed by atoms with Crippen molar-refractivity contribution in [2.45, 2.75) is 9.79 Å². The van der Waals surface area contributed by atoms with Crippen LogP contribution in [-0.2, 0) is 4.79 Å². The van der Waals surface area contributed by atoms with Crippen LogP contribution in [0.2, 0.25) is 0 Å². The van der Waals surface area contributed by atoms with Gasteiger partial charge in [0.2, 0.25) is 0 Å². The average molecular weight is 421 g/mol. The quantitative estimate of drug-likeness (QED) is 0.520. The number of rotatable bonds is 2. The van der Waals surface area contributed by atoms with Gasteiger partial charge in [-0.1, -0.05) is 47.8 Å². The highest BCUT2D eigenvalue weighted by Gasteiger charge is 2.26. The third-order valence-electron chi connectivity index (χ3n) is 4.09. The molecule has 5 heteroatoms. The summed E-state index contributed by atoms with van der Waals surface area (Å²) < 4.78 is 0. The van der Waals surface area contributed by atoms with Gasteiger partial charge >= 0.3 is 0 Å². The zero-order valence-corrected chi connectivity index (χ0v) is 17.2. The van der Waals surface area contributed by atoms with E-state index in [0.29, 0.717) is 10.1 Å².